The highest BCUT2D eigenvalue weighted by Gasteiger charge is 2.22. The number of rotatable bonds is 3. The maximum absolute atomic E-state index is 11.4. The molecular weight excluding hydrogens is 288 g/mol. The van der Waals surface area contributed by atoms with Gasteiger partial charge in [0.05, 0.1) is 5.56 Å². The highest BCUT2D eigenvalue weighted by atomic mass is 16.4. The Morgan fingerprint density at radius 2 is 1.83 bits per heavy atom. The summed E-state index contributed by atoms with van der Waals surface area (Å²) < 4.78 is 1.90. The maximum atomic E-state index is 11.4. The van der Waals surface area contributed by atoms with Crippen molar-refractivity contribution in [3.8, 4) is 0 Å². The molecule has 0 amide bonds. The molecule has 0 saturated carbocycles. The van der Waals surface area contributed by atoms with Crippen LogP contribution in [-0.2, 0) is 26.7 Å². The Balaban J connectivity index is 1.67. The smallest absolute Gasteiger partial charge is 0.337 e. The van der Waals surface area contributed by atoms with Crippen molar-refractivity contribution in [2.75, 3.05) is 0 Å². The largest absolute Gasteiger partial charge is 0.478 e. The molecule has 0 fully saturated rings. The van der Waals surface area contributed by atoms with E-state index >= 15 is 0 Å². The van der Waals surface area contributed by atoms with E-state index in [2.05, 4.69) is 41.3 Å². The molecule has 23 heavy (non-hydrogen) atoms. The van der Waals surface area contributed by atoms with Gasteiger partial charge in [-0.05, 0) is 28.8 Å². The first-order valence-corrected chi connectivity index (χ1v) is 7.72. The molecule has 0 radical (unpaired) electrons. The second-order valence-corrected chi connectivity index (χ2v) is 6.23. The molecule has 0 spiro atoms. The molecule has 1 aromatic heterocycles. The SMILES string of the molecule is Cn1cc(C(=O)O)c2cc3c(cc21)CN(Cc1ccccc1)C3. The van der Waals surface area contributed by atoms with Crippen LogP contribution in [0.4, 0.5) is 0 Å². The van der Waals surface area contributed by atoms with E-state index in [9.17, 15) is 9.90 Å². The zero-order chi connectivity index (χ0) is 16.0. The van der Waals surface area contributed by atoms with E-state index in [-0.39, 0.29) is 0 Å². The lowest BCUT2D eigenvalue weighted by atomic mass is 10.1. The summed E-state index contributed by atoms with van der Waals surface area (Å²) in [6, 6.07) is 14.6. The van der Waals surface area contributed by atoms with E-state index < -0.39 is 5.97 Å². The number of aryl methyl sites for hydroxylation is 1. The van der Waals surface area contributed by atoms with Crippen molar-refractivity contribution in [3.63, 3.8) is 0 Å². The van der Waals surface area contributed by atoms with Gasteiger partial charge in [0.2, 0.25) is 0 Å². The molecule has 1 N–H and O–H groups in total. The number of carboxylic acids is 1. The van der Waals surface area contributed by atoms with Crippen LogP contribution in [0.5, 0.6) is 0 Å². The lowest BCUT2D eigenvalue weighted by Gasteiger charge is -2.14. The van der Waals surface area contributed by atoms with Crippen LogP contribution in [0.3, 0.4) is 0 Å². The van der Waals surface area contributed by atoms with E-state index in [1.54, 1.807) is 6.20 Å². The van der Waals surface area contributed by atoms with E-state index in [4.69, 9.17) is 0 Å². The zero-order valence-electron chi connectivity index (χ0n) is 13.0. The summed E-state index contributed by atoms with van der Waals surface area (Å²) in [7, 11) is 1.90. The lowest BCUT2D eigenvalue weighted by Crippen LogP contribution is -2.15. The van der Waals surface area contributed by atoms with Gasteiger partial charge in [0.25, 0.3) is 0 Å². The predicted molar refractivity (Wildman–Crippen MR) is 89.3 cm³/mol. The van der Waals surface area contributed by atoms with Crippen LogP contribution in [-0.4, -0.2) is 20.5 Å². The van der Waals surface area contributed by atoms with E-state index in [1.807, 2.05) is 17.7 Å². The van der Waals surface area contributed by atoms with E-state index in [1.165, 1.54) is 16.7 Å². The molecule has 0 saturated heterocycles. The third-order valence-corrected chi connectivity index (χ3v) is 4.58. The number of benzene rings is 2. The Bertz CT molecular complexity index is 897. The van der Waals surface area contributed by atoms with Crippen LogP contribution in [0.15, 0.2) is 48.7 Å². The first kappa shape index (κ1) is 14.0. The average molecular weight is 306 g/mol. The van der Waals surface area contributed by atoms with Crippen LogP contribution in [0.25, 0.3) is 10.9 Å². The average Bonchev–Trinajstić information content (AvgIpc) is 3.07. The van der Waals surface area contributed by atoms with Crippen LogP contribution in [0, 0.1) is 0 Å². The van der Waals surface area contributed by atoms with Crippen molar-refractivity contribution >= 4 is 16.9 Å². The van der Waals surface area contributed by atoms with Crippen LogP contribution in [0.1, 0.15) is 27.0 Å². The fourth-order valence-corrected chi connectivity index (χ4v) is 3.47. The molecule has 0 unspecified atom stereocenters. The van der Waals surface area contributed by atoms with Gasteiger partial charge in [-0.3, -0.25) is 4.90 Å². The molecule has 116 valence electrons. The van der Waals surface area contributed by atoms with E-state index in [0.717, 1.165) is 30.5 Å². The third kappa shape index (κ3) is 2.41. The van der Waals surface area contributed by atoms with Crippen molar-refractivity contribution in [2.24, 2.45) is 7.05 Å². The van der Waals surface area contributed by atoms with Crippen molar-refractivity contribution < 1.29 is 9.90 Å². The Hall–Kier alpha value is -2.59. The number of aromatic nitrogens is 1. The molecule has 3 aromatic rings. The number of hydrogen-bond acceptors (Lipinski definition) is 2. The van der Waals surface area contributed by atoms with Gasteiger partial charge in [0.1, 0.15) is 0 Å². The number of aromatic carboxylic acids is 1. The Morgan fingerprint density at radius 1 is 1.13 bits per heavy atom. The quantitative estimate of drug-likeness (QED) is 0.807. The lowest BCUT2D eigenvalue weighted by molar-refractivity contribution is 0.0699. The van der Waals surface area contributed by atoms with Gasteiger partial charge in [-0.2, -0.15) is 0 Å². The minimum Gasteiger partial charge on any atom is -0.478 e. The van der Waals surface area contributed by atoms with Crippen LogP contribution in [0.2, 0.25) is 0 Å². The monoisotopic (exact) mass is 306 g/mol. The molecule has 2 heterocycles. The first-order valence-electron chi connectivity index (χ1n) is 7.72. The van der Waals surface area contributed by atoms with Gasteiger partial charge in [0, 0.05) is 43.8 Å². The molecule has 4 nitrogen and oxygen atoms in total. The molecule has 1 aliphatic heterocycles. The normalized spacial score (nSPS) is 14.3. The fraction of sp³-hybridized carbons (Fsp3) is 0.211. The van der Waals surface area contributed by atoms with Crippen molar-refractivity contribution in [1.29, 1.82) is 0 Å². The summed E-state index contributed by atoms with van der Waals surface area (Å²) in [5.41, 5.74) is 5.21. The topological polar surface area (TPSA) is 45.5 Å². The standard InChI is InChI=1S/C19H18N2O2/c1-20-12-17(19(22)23)16-7-14-10-21(11-15(14)8-18(16)20)9-13-5-3-2-4-6-13/h2-8,12H,9-11H2,1H3,(H,22,23). The fourth-order valence-electron chi connectivity index (χ4n) is 3.47. The zero-order valence-corrected chi connectivity index (χ0v) is 13.0. The molecule has 0 atom stereocenters. The summed E-state index contributed by atoms with van der Waals surface area (Å²) in [6.45, 7) is 2.69. The van der Waals surface area contributed by atoms with Gasteiger partial charge in [-0.25, -0.2) is 4.79 Å². The second-order valence-electron chi connectivity index (χ2n) is 6.23. The molecule has 4 rings (SSSR count). The molecular formula is C19H18N2O2. The van der Waals surface area contributed by atoms with E-state index in [0.29, 0.717) is 5.56 Å². The minimum absolute atomic E-state index is 0.381. The van der Waals surface area contributed by atoms with Crippen molar-refractivity contribution in [3.05, 3.63) is 70.9 Å². The van der Waals surface area contributed by atoms with Crippen LogP contribution < -0.4 is 0 Å². The van der Waals surface area contributed by atoms with Crippen LogP contribution >= 0.6 is 0 Å². The van der Waals surface area contributed by atoms with Crippen molar-refractivity contribution in [2.45, 2.75) is 19.6 Å². The van der Waals surface area contributed by atoms with Gasteiger partial charge in [0.15, 0.2) is 0 Å². The first-order chi connectivity index (χ1) is 11.1. The number of hydrogen-bond donors (Lipinski definition) is 1. The second kappa shape index (κ2) is 5.25. The molecule has 1 aliphatic rings. The summed E-state index contributed by atoms with van der Waals surface area (Å²) in [6.07, 6.45) is 1.70. The number of carbonyl (C=O) groups is 1. The predicted octanol–water partition coefficient (Wildman–Crippen LogP) is 3.39. The highest BCUT2D eigenvalue weighted by Crippen LogP contribution is 2.31. The number of fused-ring (bicyclic) bond motifs is 2. The third-order valence-electron chi connectivity index (χ3n) is 4.58. The summed E-state index contributed by atoms with van der Waals surface area (Å²) in [5.74, 6) is -0.866. The van der Waals surface area contributed by atoms with Gasteiger partial charge in [-0.15, -0.1) is 0 Å². The summed E-state index contributed by atoms with van der Waals surface area (Å²) in [5, 5.41) is 10.2. The highest BCUT2D eigenvalue weighted by molar-refractivity contribution is 6.03. The van der Waals surface area contributed by atoms with Gasteiger partial charge < -0.3 is 9.67 Å². The van der Waals surface area contributed by atoms with Gasteiger partial charge in [-0.1, -0.05) is 30.3 Å². The molecule has 0 bridgehead atoms. The van der Waals surface area contributed by atoms with Crippen molar-refractivity contribution in [1.82, 2.24) is 9.47 Å². The summed E-state index contributed by atoms with van der Waals surface area (Å²) >= 11 is 0. The molecule has 4 heteroatoms. The van der Waals surface area contributed by atoms with Gasteiger partial charge >= 0.3 is 5.97 Å². The number of carboxylic acid groups (broad SMARTS) is 1. The Labute approximate surface area is 134 Å². The molecule has 2 aromatic carbocycles. The Kier molecular flexibility index (Phi) is 3.20. The number of nitrogens with zero attached hydrogens (tertiary/aromatic N) is 2. The minimum atomic E-state index is -0.866. The Morgan fingerprint density at radius 3 is 2.52 bits per heavy atom. The molecule has 0 aliphatic carbocycles. The summed E-state index contributed by atoms with van der Waals surface area (Å²) in [4.78, 5) is 13.8. The maximum Gasteiger partial charge on any atom is 0.337 e.